The highest BCUT2D eigenvalue weighted by molar-refractivity contribution is 6.39. The van der Waals surface area contributed by atoms with E-state index in [4.69, 9.17) is 23.8 Å². The van der Waals surface area contributed by atoms with Crippen molar-refractivity contribution in [2.75, 3.05) is 35.0 Å². The predicted octanol–water partition coefficient (Wildman–Crippen LogP) is 3.77. The van der Waals surface area contributed by atoms with E-state index in [2.05, 4.69) is 10.5 Å². The van der Waals surface area contributed by atoms with E-state index < -0.39 is 17.9 Å². The summed E-state index contributed by atoms with van der Waals surface area (Å²) in [7, 11) is 5.87. The van der Waals surface area contributed by atoms with Gasteiger partial charge in [-0.15, -0.1) is 0 Å². The Morgan fingerprint density at radius 3 is 2.03 bits per heavy atom. The summed E-state index contributed by atoms with van der Waals surface area (Å²) in [6, 6.07) is 10.6. The highest BCUT2D eigenvalue weighted by atomic mass is 16.6. The van der Waals surface area contributed by atoms with E-state index in [0.717, 1.165) is 22.3 Å². The van der Waals surface area contributed by atoms with Gasteiger partial charge in [0.25, 0.3) is 5.91 Å². The topological polar surface area (TPSA) is 105 Å². The molecule has 36 heavy (non-hydrogen) atoms. The van der Waals surface area contributed by atoms with Crippen LogP contribution in [0.5, 0.6) is 11.5 Å². The number of nitrogens with one attached hydrogen (secondary N) is 1. The van der Waals surface area contributed by atoms with Crippen molar-refractivity contribution in [2.24, 2.45) is 11.1 Å². The van der Waals surface area contributed by atoms with Gasteiger partial charge < -0.3 is 29.1 Å². The summed E-state index contributed by atoms with van der Waals surface area (Å²) >= 11 is 0. The first kappa shape index (κ1) is 28.6. The number of oxime groups is 1. The Labute approximate surface area is 212 Å². The minimum Gasteiger partial charge on any atom is -0.496 e. The molecule has 0 fully saturated rings. The summed E-state index contributed by atoms with van der Waals surface area (Å²) in [5.74, 6) is 0.0966. The summed E-state index contributed by atoms with van der Waals surface area (Å²) in [6.07, 6.45) is 0.235. The normalized spacial score (nSPS) is 12.2. The Kier molecular flexibility index (Phi) is 11.2. The van der Waals surface area contributed by atoms with Gasteiger partial charge in [0, 0.05) is 18.9 Å². The van der Waals surface area contributed by atoms with E-state index in [0.29, 0.717) is 24.7 Å². The number of rotatable bonds is 13. The van der Waals surface area contributed by atoms with Crippen molar-refractivity contribution in [3.8, 4) is 22.6 Å². The van der Waals surface area contributed by atoms with E-state index in [1.807, 2.05) is 57.2 Å². The Hall–Kier alpha value is -3.59. The lowest BCUT2D eigenvalue weighted by Crippen LogP contribution is -2.46. The van der Waals surface area contributed by atoms with Crippen LogP contribution >= 0.6 is 0 Å². The van der Waals surface area contributed by atoms with Crippen LogP contribution in [-0.2, 0) is 36.9 Å². The molecule has 0 saturated carbocycles. The zero-order chi connectivity index (χ0) is 26.7. The van der Waals surface area contributed by atoms with E-state index in [9.17, 15) is 9.59 Å². The second kappa shape index (κ2) is 14.1. The largest absolute Gasteiger partial charge is 0.496 e. The van der Waals surface area contributed by atoms with Crippen LogP contribution in [0.2, 0.25) is 0 Å². The second-order valence-corrected chi connectivity index (χ2v) is 8.28. The van der Waals surface area contributed by atoms with Gasteiger partial charge in [-0.1, -0.05) is 43.3 Å². The second-order valence-electron chi connectivity index (χ2n) is 8.28. The third-order valence-electron chi connectivity index (χ3n) is 5.48. The molecule has 9 nitrogen and oxygen atoms in total. The fourth-order valence-corrected chi connectivity index (χ4v) is 3.67. The first-order valence-corrected chi connectivity index (χ1v) is 11.7. The number of hydrogen-bond donors (Lipinski definition) is 1. The molecule has 2 rings (SSSR count). The summed E-state index contributed by atoms with van der Waals surface area (Å²) in [4.78, 5) is 29.9. The maximum atomic E-state index is 12.7. The van der Waals surface area contributed by atoms with Crippen LogP contribution in [0.15, 0.2) is 41.6 Å². The fraction of sp³-hybridized carbons (Fsp3) is 0.444. The molecule has 0 aliphatic rings. The lowest BCUT2D eigenvalue weighted by Gasteiger charge is -2.19. The predicted molar refractivity (Wildman–Crippen MR) is 137 cm³/mol. The molecule has 0 aromatic heterocycles. The molecular weight excluding hydrogens is 464 g/mol. The number of benzene rings is 2. The molecule has 0 bridgehead atoms. The molecule has 0 heterocycles. The molecule has 196 valence electrons. The van der Waals surface area contributed by atoms with Gasteiger partial charge in [0.15, 0.2) is 0 Å². The summed E-state index contributed by atoms with van der Waals surface area (Å²) in [6.45, 7) is 6.64. The molecule has 1 amide bonds. The summed E-state index contributed by atoms with van der Waals surface area (Å²) in [5.41, 5.74) is 3.65. The minimum atomic E-state index is -0.893. The van der Waals surface area contributed by atoms with Crippen molar-refractivity contribution in [3.05, 3.63) is 47.5 Å². The molecule has 0 spiro atoms. The van der Waals surface area contributed by atoms with E-state index >= 15 is 0 Å². The first-order chi connectivity index (χ1) is 17.3. The Morgan fingerprint density at radius 2 is 1.56 bits per heavy atom. The zero-order valence-electron chi connectivity index (χ0n) is 22.0. The number of carbonyl (C=O) groups is 2. The number of ether oxygens (including phenoxy) is 4. The van der Waals surface area contributed by atoms with Gasteiger partial charge in [-0.3, -0.25) is 4.79 Å². The summed E-state index contributed by atoms with van der Waals surface area (Å²) in [5, 5.41) is 6.50. The number of amides is 1. The molecule has 0 radical (unpaired) electrons. The van der Waals surface area contributed by atoms with Crippen molar-refractivity contribution in [1.82, 2.24) is 5.32 Å². The van der Waals surface area contributed by atoms with Gasteiger partial charge in [-0.25, -0.2) is 4.79 Å². The van der Waals surface area contributed by atoms with Gasteiger partial charge >= 0.3 is 5.97 Å². The van der Waals surface area contributed by atoms with E-state index in [-0.39, 0.29) is 18.1 Å². The van der Waals surface area contributed by atoms with Crippen LogP contribution < -0.4 is 14.8 Å². The van der Waals surface area contributed by atoms with Crippen molar-refractivity contribution in [3.63, 3.8) is 0 Å². The minimum absolute atomic E-state index is 0.188. The molecule has 1 N–H and O–H groups in total. The van der Waals surface area contributed by atoms with Crippen molar-refractivity contribution < 1.29 is 33.4 Å². The lowest BCUT2D eigenvalue weighted by atomic mass is 9.98. The average molecular weight is 501 g/mol. The highest BCUT2D eigenvalue weighted by Gasteiger charge is 2.26. The van der Waals surface area contributed by atoms with Gasteiger partial charge in [-0.2, -0.15) is 0 Å². The monoisotopic (exact) mass is 500 g/mol. The third-order valence-corrected chi connectivity index (χ3v) is 5.48. The number of methoxy groups -OCH3 is 3. The van der Waals surface area contributed by atoms with Gasteiger partial charge in [-0.05, 0) is 35.7 Å². The van der Waals surface area contributed by atoms with Crippen LogP contribution in [0.1, 0.15) is 31.9 Å². The number of carbonyl (C=O) groups excluding carboxylic acids is 2. The maximum absolute atomic E-state index is 12.7. The molecule has 9 heteroatoms. The van der Waals surface area contributed by atoms with Crippen LogP contribution in [0.3, 0.4) is 0 Å². The molecular formula is C27H36N2O7. The van der Waals surface area contributed by atoms with Crippen molar-refractivity contribution >= 4 is 17.6 Å². The van der Waals surface area contributed by atoms with E-state index in [1.54, 1.807) is 14.2 Å². The molecule has 0 unspecified atom stereocenters. The quantitative estimate of drug-likeness (QED) is 0.254. The Bertz CT molecular complexity index is 1020. The number of esters is 1. The van der Waals surface area contributed by atoms with Crippen LogP contribution in [-0.4, -0.2) is 58.7 Å². The van der Waals surface area contributed by atoms with Gasteiger partial charge in [0.1, 0.15) is 30.4 Å². The zero-order valence-corrected chi connectivity index (χ0v) is 22.0. The molecule has 2 aromatic rings. The summed E-state index contributed by atoms with van der Waals surface area (Å²) < 4.78 is 21.7. The smallest absolute Gasteiger partial charge is 0.328 e. The molecule has 0 saturated heterocycles. The lowest BCUT2D eigenvalue weighted by molar-refractivity contribution is -0.144. The average Bonchev–Trinajstić information content (AvgIpc) is 2.89. The number of hydrogen-bond acceptors (Lipinski definition) is 8. The Balaban J connectivity index is 2.31. The molecule has 0 aliphatic carbocycles. The maximum Gasteiger partial charge on any atom is 0.328 e. The molecule has 1 atom stereocenters. The van der Waals surface area contributed by atoms with Gasteiger partial charge in [0.2, 0.25) is 0 Å². The van der Waals surface area contributed by atoms with Crippen molar-refractivity contribution in [1.29, 1.82) is 0 Å². The highest BCUT2D eigenvalue weighted by Crippen LogP contribution is 2.40. The SMILES string of the molecule is CCOCc1cc(OC)c(-c2ccc(C[C@H](NC(=O)C(=NOC)C(C)C)C(=O)OC)cc2)c(OC)c1. The standard InChI is InChI=1S/C27H36N2O7/c1-8-36-16-19-14-22(32-4)24(23(15-19)33-5)20-11-9-18(10-12-20)13-21(27(31)34-6)28-26(30)25(17(2)3)29-35-7/h9-12,14-15,17,21H,8,13,16H2,1-7H3,(H,28,30)/t21-/m0/s1. The third kappa shape index (κ3) is 7.45. The molecule has 0 aliphatic heterocycles. The van der Waals surface area contributed by atoms with Crippen molar-refractivity contribution in [2.45, 2.75) is 39.8 Å². The first-order valence-electron chi connectivity index (χ1n) is 11.7. The van der Waals surface area contributed by atoms with E-state index in [1.165, 1.54) is 14.2 Å². The molecule has 2 aromatic carbocycles. The fourth-order valence-electron chi connectivity index (χ4n) is 3.67. The van der Waals surface area contributed by atoms with Crippen LogP contribution in [0.4, 0.5) is 0 Å². The van der Waals surface area contributed by atoms with Gasteiger partial charge in [0.05, 0.1) is 33.5 Å². The van der Waals surface area contributed by atoms with Crippen LogP contribution in [0, 0.1) is 5.92 Å². The Morgan fingerprint density at radius 1 is 0.944 bits per heavy atom. The van der Waals surface area contributed by atoms with Crippen LogP contribution in [0.25, 0.3) is 11.1 Å². The number of nitrogens with zero attached hydrogens (tertiary/aromatic N) is 1.